The van der Waals surface area contributed by atoms with Gasteiger partial charge in [-0.1, -0.05) is 32.8 Å². The van der Waals surface area contributed by atoms with Crippen LogP contribution in [0.2, 0.25) is 0 Å². The minimum Gasteiger partial charge on any atom is -0.496 e. The summed E-state index contributed by atoms with van der Waals surface area (Å²) < 4.78 is 52.2. The van der Waals surface area contributed by atoms with Gasteiger partial charge in [-0.25, -0.2) is 18.2 Å². The number of cyclic esters (lactones) is 1. The third-order valence-electron chi connectivity index (χ3n) is 12.9. The average molecular weight is 822 g/mol. The highest BCUT2D eigenvalue weighted by molar-refractivity contribution is 7.91. The van der Waals surface area contributed by atoms with Crippen LogP contribution in [0.3, 0.4) is 0 Å². The van der Waals surface area contributed by atoms with Gasteiger partial charge in [-0.2, -0.15) is 0 Å². The number of rotatable bonds is 10. The number of methoxy groups -OCH3 is 1. The summed E-state index contributed by atoms with van der Waals surface area (Å²) in [5.74, 6) is -0.574. The molecule has 3 N–H and O–H groups in total. The number of hydrogen-bond acceptors (Lipinski definition) is 11. The summed E-state index contributed by atoms with van der Waals surface area (Å²) >= 11 is 0. The number of alkyl carbamates (subject to hydrolysis) is 1. The molecule has 3 heterocycles. The predicted octanol–water partition coefficient (Wildman–Crippen LogP) is 4.48. The third-order valence-corrected chi connectivity index (χ3v) is 14.7. The van der Waals surface area contributed by atoms with Gasteiger partial charge in [0.15, 0.2) is 0 Å². The summed E-state index contributed by atoms with van der Waals surface area (Å²) in [5, 5.41) is 5.84. The largest absolute Gasteiger partial charge is 0.496 e. The van der Waals surface area contributed by atoms with Crippen molar-refractivity contribution in [3.8, 4) is 17.4 Å². The zero-order chi connectivity index (χ0) is 41.1. The second kappa shape index (κ2) is 15.2. The molecular formula is C42H55N5O10S. The van der Waals surface area contributed by atoms with Crippen LogP contribution < -0.4 is 29.6 Å². The molecule has 4 bridgehead atoms. The number of fused-ring (bicyclic) bond motifs is 5. The van der Waals surface area contributed by atoms with Crippen molar-refractivity contribution in [3.63, 3.8) is 0 Å². The second-order valence-electron chi connectivity index (χ2n) is 17.9. The van der Waals surface area contributed by atoms with Gasteiger partial charge in [0.05, 0.1) is 37.6 Å². The number of pyridine rings is 1. The van der Waals surface area contributed by atoms with Gasteiger partial charge in [-0.15, -0.1) is 6.58 Å². The fourth-order valence-electron chi connectivity index (χ4n) is 9.48. The smallest absolute Gasteiger partial charge is 0.407 e. The lowest BCUT2D eigenvalue weighted by Gasteiger charge is -2.32. The van der Waals surface area contributed by atoms with E-state index >= 15 is 0 Å². The predicted molar refractivity (Wildman–Crippen MR) is 213 cm³/mol. The van der Waals surface area contributed by atoms with E-state index in [1.54, 1.807) is 13.2 Å². The van der Waals surface area contributed by atoms with Gasteiger partial charge in [0.25, 0.3) is 5.91 Å². The van der Waals surface area contributed by atoms with E-state index in [2.05, 4.69) is 41.8 Å². The van der Waals surface area contributed by atoms with Gasteiger partial charge in [0.2, 0.25) is 27.7 Å². The normalized spacial score (nSPS) is 30.9. The molecule has 4 aliphatic carbocycles. The fourth-order valence-corrected chi connectivity index (χ4v) is 10.8. The molecule has 0 unspecified atom stereocenters. The van der Waals surface area contributed by atoms with E-state index in [0.29, 0.717) is 61.1 Å². The first kappa shape index (κ1) is 40.2. The summed E-state index contributed by atoms with van der Waals surface area (Å²) in [6, 6.07) is 3.57. The van der Waals surface area contributed by atoms with Crippen molar-refractivity contribution in [2.75, 3.05) is 26.9 Å². The number of nitrogens with one attached hydrogen (secondary N) is 3. The number of sulfonamides is 1. The van der Waals surface area contributed by atoms with Crippen LogP contribution in [0.4, 0.5) is 4.79 Å². The number of aromatic nitrogens is 1. The molecule has 0 spiro atoms. The van der Waals surface area contributed by atoms with E-state index in [4.69, 9.17) is 23.9 Å². The molecule has 1 aromatic carbocycles. The number of carbonyl (C=O) groups is 4. The summed E-state index contributed by atoms with van der Waals surface area (Å²) in [4.78, 5) is 62.8. The summed E-state index contributed by atoms with van der Waals surface area (Å²) in [5.41, 5.74) is -0.298. The average Bonchev–Trinajstić information content (AvgIpc) is 4.15. The van der Waals surface area contributed by atoms with E-state index < -0.39 is 68.7 Å². The quantitative estimate of drug-likeness (QED) is 0.287. The maximum absolute atomic E-state index is 14.9. The monoisotopic (exact) mass is 821 g/mol. The van der Waals surface area contributed by atoms with E-state index in [1.165, 1.54) is 11.0 Å². The Morgan fingerprint density at radius 2 is 1.84 bits per heavy atom. The van der Waals surface area contributed by atoms with Crippen molar-refractivity contribution in [1.29, 1.82) is 0 Å². The third kappa shape index (κ3) is 7.92. The molecule has 4 saturated carbocycles. The Labute approximate surface area is 339 Å². The molecule has 0 radical (unpaired) electrons. The van der Waals surface area contributed by atoms with Crippen LogP contribution in [0, 0.1) is 23.2 Å². The molecule has 1 saturated heterocycles. The topological polar surface area (TPSA) is 192 Å². The first-order valence-corrected chi connectivity index (χ1v) is 22.3. The molecule has 2 aliphatic heterocycles. The van der Waals surface area contributed by atoms with Gasteiger partial charge in [0, 0.05) is 29.9 Å². The minimum absolute atomic E-state index is 0.00840. The molecule has 5 fully saturated rings. The van der Waals surface area contributed by atoms with Crippen LogP contribution >= 0.6 is 0 Å². The van der Waals surface area contributed by atoms with Crippen molar-refractivity contribution < 1.29 is 46.5 Å². The molecule has 58 heavy (non-hydrogen) atoms. The Kier molecular flexibility index (Phi) is 10.5. The van der Waals surface area contributed by atoms with Crippen LogP contribution in [-0.2, 0) is 29.1 Å². The maximum atomic E-state index is 14.9. The molecule has 1 aromatic heterocycles. The number of nitrogens with zero attached hydrogens (tertiary/aromatic N) is 2. The fraction of sp³-hybridized carbons (Fsp3) is 0.643. The van der Waals surface area contributed by atoms with Crippen LogP contribution in [0.1, 0.15) is 96.5 Å². The van der Waals surface area contributed by atoms with Crippen molar-refractivity contribution in [2.45, 2.75) is 120 Å². The number of amides is 4. The van der Waals surface area contributed by atoms with Gasteiger partial charge in [-0.3, -0.25) is 19.1 Å². The Bertz CT molecular complexity index is 2120. The Morgan fingerprint density at radius 1 is 1.09 bits per heavy atom. The SMILES string of the molecule is C=C[C@H]1C[C@]1(NC(=O)[C@@H]1C[C@@H]2CN1C(=O)[C@H](C1CCCC1)NC(=O)OCC(C)(C)C[C@@H]1C[C@H]1c1cc3c(cc(OCC)nc3cc1OC)O2)C(=O)NS(=O)(=O)C1CC1. The van der Waals surface area contributed by atoms with Gasteiger partial charge in [-0.05, 0) is 86.7 Å². The summed E-state index contributed by atoms with van der Waals surface area (Å²) in [6.07, 6.45) is 6.19. The van der Waals surface area contributed by atoms with E-state index in [-0.39, 0.29) is 43.2 Å². The molecular weight excluding hydrogens is 767 g/mol. The van der Waals surface area contributed by atoms with Crippen molar-refractivity contribution in [1.82, 2.24) is 25.2 Å². The number of hydrogen-bond donors (Lipinski definition) is 3. The van der Waals surface area contributed by atoms with Gasteiger partial charge < -0.3 is 34.5 Å². The molecule has 2 aromatic rings. The number of carbonyl (C=O) groups excluding carboxylic acids is 4. The zero-order valence-corrected chi connectivity index (χ0v) is 34.5. The zero-order valence-electron chi connectivity index (χ0n) is 33.7. The van der Waals surface area contributed by atoms with Crippen LogP contribution in [0.25, 0.3) is 10.9 Å². The van der Waals surface area contributed by atoms with Crippen molar-refractivity contribution in [3.05, 3.63) is 36.4 Å². The Balaban J connectivity index is 1.17. The lowest BCUT2D eigenvalue weighted by Crippen LogP contribution is -2.59. The molecule has 8 rings (SSSR count). The maximum Gasteiger partial charge on any atom is 0.407 e. The molecule has 7 atom stereocenters. The molecule has 15 nitrogen and oxygen atoms in total. The lowest BCUT2D eigenvalue weighted by atomic mass is 9.87. The van der Waals surface area contributed by atoms with Crippen LogP contribution in [0.5, 0.6) is 17.4 Å². The Morgan fingerprint density at radius 3 is 2.52 bits per heavy atom. The highest BCUT2D eigenvalue weighted by Gasteiger charge is 2.62. The highest BCUT2D eigenvalue weighted by atomic mass is 32.2. The van der Waals surface area contributed by atoms with E-state index in [9.17, 15) is 27.6 Å². The lowest BCUT2D eigenvalue weighted by molar-refractivity contribution is -0.142. The first-order valence-electron chi connectivity index (χ1n) is 20.7. The van der Waals surface area contributed by atoms with Gasteiger partial charge >= 0.3 is 6.09 Å². The first-order chi connectivity index (χ1) is 27.6. The van der Waals surface area contributed by atoms with Crippen molar-refractivity contribution >= 4 is 44.7 Å². The van der Waals surface area contributed by atoms with E-state index in [0.717, 1.165) is 36.6 Å². The highest BCUT2D eigenvalue weighted by Crippen LogP contribution is 2.56. The van der Waals surface area contributed by atoms with Crippen LogP contribution in [0.15, 0.2) is 30.9 Å². The molecule has 6 aliphatic rings. The Hall–Kier alpha value is -4.60. The van der Waals surface area contributed by atoms with Crippen molar-refractivity contribution in [2.24, 2.45) is 23.2 Å². The number of ether oxygens (including phenoxy) is 4. The standard InChI is InChI=1S/C42H55N5O10S/c1-6-25-20-42(25,39(50)46-58(52,53)27-12-13-27)45-37(48)32-15-26-21-47(32)38(49)36(23-10-8-9-11-23)44-40(51)56-22-41(3,4)19-24-14-28(24)29-16-30-31(17-33(29)54-5)43-35(55-7-2)18-34(30)57-26/h6,16-18,23-28,32,36H,1,7-15,19-22H2,2-5H3,(H,44,51)(H,45,48)(H,46,50)/t24-,25-,26+,28+,32-,36-,42+/m0/s1. The van der Waals surface area contributed by atoms with Crippen LogP contribution in [-0.4, -0.2) is 98.0 Å². The van der Waals surface area contributed by atoms with E-state index in [1.807, 2.05) is 13.0 Å². The molecule has 314 valence electrons. The van der Waals surface area contributed by atoms with Gasteiger partial charge in [0.1, 0.15) is 35.2 Å². The second-order valence-corrected chi connectivity index (χ2v) is 19.8. The molecule has 16 heteroatoms. The summed E-state index contributed by atoms with van der Waals surface area (Å²) in [7, 11) is -2.27. The number of benzene rings is 1. The minimum atomic E-state index is -3.91. The molecule has 4 amide bonds. The summed E-state index contributed by atoms with van der Waals surface area (Å²) in [6.45, 7) is 10.3.